The Hall–Kier alpha value is -3.59. The molecule has 158 valence electrons. The normalized spacial score (nSPS) is 16.5. The number of rotatable bonds is 4. The molecule has 1 aliphatic heterocycles. The minimum absolute atomic E-state index is 0.118. The quantitative estimate of drug-likeness (QED) is 0.528. The Morgan fingerprint density at radius 3 is 2.74 bits per heavy atom. The predicted molar refractivity (Wildman–Crippen MR) is 111 cm³/mol. The van der Waals surface area contributed by atoms with E-state index in [0.717, 1.165) is 22.9 Å². The van der Waals surface area contributed by atoms with Crippen LogP contribution in [0.3, 0.4) is 0 Å². The summed E-state index contributed by atoms with van der Waals surface area (Å²) in [5.41, 5.74) is 6.66. The van der Waals surface area contributed by atoms with Crippen LogP contribution in [0.15, 0.2) is 53.4 Å². The molecule has 0 aliphatic carbocycles. The summed E-state index contributed by atoms with van der Waals surface area (Å²) in [6.07, 6.45) is 5.49. The highest BCUT2D eigenvalue weighted by atomic mass is 19.1. The molecule has 1 unspecified atom stereocenters. The zero-order valence-corrected chi connectivity index (χ0v) is 17.2. The minimum atomic E-state index is -0.608. The lowest BCUT2D eigenvalue weighted by molar-refractivity contribution is 0.330. The van der Waals surface area contributed by atoms with Crippen LogP contribution in [-0.2, 0) is 0 Å². The molecule has 0 bridgehead atoms. The summed E-state index contributed by atoms with van der Waals surface area (Å²) in [6, 6.07) is 6.95. The first-order chi connectivity index (χ1) is 14.9. The summed E-state index contributed by atoms with van der Waals surface area (Å²) in [6.45, 7) is 3.96. The van der Waals surface area contributed by atoms with Crippen LogP contribution in [0.4, 0.5) is 8.78 Å². The fourth-order valence-electron chi connectivity index (χ4n) is 3.70. The van der Waals surface area contributed by atoms with Crippen molar-refractivity contribution < 1.29 is 13.3 Å². The van der Waals surface area contributed by atoms with Gasteiger partial charge in [0.05, 0.1) is 12.2 Å². The summed E-state index contributed by atoms with van der Waals surface area (Å²) >= 11 is 0. The molecule has 1 atom stereocenters. The van der Waals surface area contributed by atoms with Crippen molar-refractivity contribution in [3.63, 3.8) is 0 Å². The van der Waals surface area contributed by atoms with Gasteiger partial charge in [-0.15, -0.1) is 0 Å². The van der Waals surface area contributed by atoms with Crippen LogP contribution < -0.4 is 5.43 Å². The van der Waals surface area contributed by atoms with E-state index in [-0.39, 0.29) is 5.92 Å². The van der Waals surface area contributed by atoms with E-state index in [2.05, 4.69) is 20.6 Å². The number of halogens is 2. The van der Waals surface area contributed by atoms with Crippen LogP contribution >= 0.6 is 0 Å². The number of imidazole rings is 1. The molecule has 5 rings (SSSR count). The fraction of sp³-hybridized carbons (Fsp3) is 0.227. The second-order valence-electron chi connectivity index (χ2n) is 7.82. The van der Waals surface area contributed by atoms with Crippen LogP contribution in [-0.4, -0.2) is 31.6 Å². The molecule has 1 N–H and O–H groups in total. The Kier molecular flexibility index (Phi) is 4.55. The lowest BCUT2D eigenvalue weighted by Crippen LogP contribution is -2.28. The molecule has 1 aliphatic rings. The Bertz CT molecular complexity index is 1310. The molecule has 9 heteroatoms. The third kappa shape index (κ3) is 3.36. The van der Waals surface area contributed by atoms with E-state index in [4.69, 9.17) is 4.52 Å². The molecule has 0 amide bonds. The van der Waals surface area contributed by atoms with Gasteiger partial charge >= 0.3 is 0 Å². The van der Waals surface area contributed by atoms with E-state index in [1.165, 1.54) is 12.1 Å². The van der Waals surface area contributed by atoms with Crippen LogP contribution in [0, 0.1) is 11.6 Å². The number of hydrazine groups is 1. The second-order valence-corrected chi connectivity index (χ2v) is 7.82. The monoisotopic (exact) mass is 422 g/mol. The van der Waals surface area contributed by atoms with E-state index < -0.39 is 17.7 Å². The minimum Gasteiger partial charge on any atom is -0.339 e. The van der Waals surface area contributed by atoms with Crippen molar-refractivity contribution in [3.8, 4) is 11.5 Å². The first kappa shape index (κ1) is 19.4. The van der Waals surface area contributed by atoms with Gasteiger partial charge in [-0.1, -0.05) is 25.1 Å². The first-order valence-electron chi connectivity index (χ1n) is 9.88. The van der Waals surface area contributed by atoms with Gasteiger partial charge in [-0.2, -0.15) is 4.98 Å². The van der Waals surface area contributed by atoms with Gasteiger partial charge in [0.2, 0.25) is 11.7 Å². The zero-order valence-electron chi connectivity index (χ0n) is 17.2. The molecule has 1 aromatic carbocycles. The number of nitrogens with one attached hydrogen (secondary N) is 1. The van der Waals surface area contributed by atoms with Crippen molar-refractivity contribution >= 4 is 11.2 Å². The number of nitrogens with zero attached hydrogens (tertiary/aromatic N) is 5. The number of benzene rings is 1. The van der Waals surface area contributed by atoms with Gasteiger partial charge in [0.1, 0.15) is 23.0 Å². The second kappa shape index (κ2) is 7.28. The lowest BCUT2D eigenvalue weighted by Gasteiger charge is -2.18. The molecule has 7 nitrogen and oxygen atoms in total. The van der Waals surface area contributed by atoms with Crippen molar-refractivity contribution in [2.45, 2.75) is 25.8 Å². The number of pyridine rings is 1. The largest absolute Gasteiger partial charge is 0.339 e. The van der Waals surface area contributed by atoms with Gasteiger partial charge in [0.25, 0.3) is 0 Å². The van der Waals surface area contributed by atoms with Gasteiger partial charge in [0, 0.05) is 42.6 Å². The van der Waals surface area contributed by atoms with Crippen molar-refractivity contribution in [3.05, 3.63) is 77.6 Å². The standard InChI is InChI=1S/C22H20F2N6O/c1-12(2)22-26-21(28-31-22)18-9-25-19-7-4-13(10-30(18)19)16-11-29(3)27-20(16)15-6-5-14(23)8-17(15)24/h4-12,20,27H,1-3H3. The van der Waals surface area contributed by atoms with Gasteiger partial charge in [-0.05, 0) is 23.8 Å². The molecule has 0 spiro atoms. The molecule has 3 aromatic heterocycles. The maximum absolute atomic E-state index is 14.5. The Labute approximate surface area is 177 Å². The van der Waals surface area contributed by atoms with E-state index in [0.29, 0.717) is 23.0 Å². The average molecular weight is 422 g/mol. The number of fused-ring (bicyclic) bond motifs is 1. The summed E-state index contributed by atoms with van der Waals surface area (Å²) in [5, 5.41) is 5.84. The molecule has 4 aromatic rings. The predicted octanol–water partition coefficient (Wildman–Crippen LogP) is 4.32. The third-order valence-electron chi connectivity index (χ3n) is 5.25. The van der Waals surface area contributed by atoms with Gasteiger partial charge < -0.3 is 9.53 Å². The maximum Gasteiger partial charge on any atom is 0.229 e. The number of hydrogen-bond donors (Lipinski definition) is 1. The Morgan fingerprint density at radius 1 is 1.16 bits per heavy atom. The van der Waals surface area contributed by atoms with Crippen molar-refractivity contribution in [2.24, 2.45) is 0 Å². The summed E-state index contributed by atoms with van der Waals surface area (Å²) in [5.74, 6) is -0.0883. The highest BCUT2D eigenvalue weighted by Crippen LogP contribution is 2.36. The zero-order chi connectivity index (χ0) is 21.7. The smallest absolute Gasteiger partial charge is 0.229 e. The highest BCUT2D eigenvalue weighted by molar-refractivity contribution is 5.73. The molecular formula is C22H20F2N6O. The van der Waals surface area contributed by atoms with Crippen molar-refractivity contribution in [1.29, 1.82) is 0 Å². The van der Waals surface area contributed by atoms with E-state index in [1.54, 1.807) is 11.2 Å². The molecular weight excluding hydrogens is 402 g/mol. The van der Waals surface area contributed by atoms with Crippen LogP contribution in [0.2, 0.25) is 0 Å². The number of hydrogen-bond acceptors (Lipinski definition) is 6. The highest BCUT2D eigenvalue weighted by Gasteiger charge is 2.28. The third-order valence-corrected chi connectivity index (χ3v) is 5.25. The van der Waals surface area contributed by atoms with Crippen LogP contribution in [0.1, 0.15) is 42.8 Å². The first-order valence-corrected chi connectivity index (χ1v) is 9.88. The van der Waals surface area contributed by atoms with Gasteiger partial charge in [-0.25, -0.2) is 19.2 Å². The average Bonchev–Trinajstić information content (AvgIpc) is 3.45. The van der Waals surface area contributed by atoms with Gasteiger partial charge in [-0.3, -0.25) is 4.40 Å². The number of aromatic nitrogens is 4. The Morgan fingerprint density at radius 2 is 2.00 bits per heavy atom. The molecule has 0 saturated heterocycles. The summed E-state index contributed by atoms with van der Waals surface area (Å²) < 4.78 is 35.1. The van der Waals surface area contributed by atoms with E-state index >= 15 is 0 Å². The maximum atomic E-state index is 14.5. The van der Waals surface area contributed by atoms with Crippen LogP contribution in [0.25, 0.3) is 22.7 Å². The molecule has 0 fully saturated rings. The summed E-state index contributed by atoms with van der Waals surface area (Å²) in [7, 11) is 1.83. The van der Waals surface area contributed by atoms with Crippen molar-refractivity contribution in [2.75, 3.05) is 7.05 Å². The van der Waals surface area contributed by atoms with Crippen LogP contribution in [0.5, 0.6) is 0 Å². The van der Waals surface area contributed by atoms with Gasteiger partial charge in [0.15, 0.2) is 0 Å². The lowest BCUT2D eigenvalue weighted by atomic mass is 9.95. The summed E-state index contributed by atoms with van der Waals surface area (Å²) in [4.78, 5) is 8.89. The topological polar surface area (TPSA) is 71.5 Å². The molecule has 0 radical (unpaired) electrons. The molecule has 31 heavy (non-hydrogen) atoms. The van der Waals surface area contributed by atoms with E-state index in [9.17, 15) is 8.78 Å². The Balaban J connectivity index is 1.58. The molecule has 0 saturated carbocycles. The molecule has 4 heterocycles. The van der Waals surface area contributed by atoms with E-state index in [1.807, 2.05) is 49.8 Å². The van der Waals surface area contributed by atoms with Crippen molar-refractivity contribution in [1.82, 2.24) is 30.0 Å². The SMILES string of the molecule is CC(C)c1nc(-c2cnc3ccc(C4=CN(C)NC4c4ccc(F)cc4F)cn23)no1. The fourth-order valence-corrected chi connectivity index (χ4v) is 3.70.